The van der Waals surface area contributed by atoms with Gasteiger partial charge in [-0.3, -0.25) is 0 Å². The van der Waals surface area contributed by atoms with Crippen molar-refractivity contribution >= 4 is 11.8 Å². The molecule has 54 valence electrons. The lowest BCUT2D eigenvalue weighted by atomic mass is 10.1. The zero-order chi connectivity index (χ0) is 6.69. The highest BCUT2D eigenvalue weighted by Crippen LogP contribution is 2.24. The molecule has 9 heavy (non-hydrogen) atoms. The van der Waals surface area contributed by atoms with Gasteiger partial charge < -0.3 is 5.32 Å². The maximum absolute atomic E-state index is 3.47. The fourth-order valence-electron chi connectivity index (χ4n) is 1.32. The minimum atomic E-state index is 0.792. The van der Waals surface area contributed by atoms with Crippen molar-refractivity contribution in [3.05, 3.63) is 0 Å². The average molecular weight is 145 g/mol. The third-order valence-electron chi connectivity index (χ3n) is 1.93. The first-order valence-corrected chi connectivity index (χ1v) is 4.78. The van der Waals surface area contributed by atoms with E-state index >= 15 is 0 Å². The van der Waals surface area contributed by atoms with Crippen LogP contribution in [0.25, 0.3) is 0 Å². The first-order chi connectivity index (χ1) is 4.38. The Morgan fingerprint density at radius 2 is 2.22 bits per heavy atom. The van der Waals surface area contributed by atoms with Crippen LogP contribution >= 0.6 is 11.8 Å². The Labute approximate surface area is 61.6 Å². The van der Waals surface area contributed by atoms with E-state index in [1.54, 1.807) is 0 Å². The molecule has 1 saturated heterocycles. The molecule has 0 amide bonds. The summed E-state index contributed by atoms with van der Waals surface area (Å²) in [5, 5.41) is 4.35. The summed E-state index contributed by atoms with van der Waals surface area (Å²) < 4.78 is 0. The molecule has 0 aliphatic carbocycles. The molecule has 0 radical (unpaired) electrons. The first kappa shape index (κ1) is 7.42. The zero-order valence-electron chi connectivity index (χ0n) is 6.18. The van der Waals surface area contributed by atoms with E-state index in [9.17, 15) is 0 Å². The van der Waals surface area contributed by atoms with Crippen LogP contribution in [0.2, 0.25) is 0 Å². The molecular formula is C7H15NS. The molecule has 1 fully saturated rings. The normalized spacial score (nSPS) is 35.3. The van der Waals surface area contributed by atoms with Crippen LogP contribution in [-0.2, 0) is 0 Å². The number of nitrogens with one attached hydrogen (secondary N) is 1. The van der Waals surface area contributed by atoms with E-state index in [4.69, 9.17) is 0 Å². The van der Waals surface area contributed by atoms with Crippen LogP contribution < -0.4 is 5.32 Å². The highest BCUT2D eigenvalue weighted by Gasteiger charge is 2.23. The third-order valence-corrected chi connectivity index (χ3v) is 3.36. The summed E-state index contributed by atoms with van der Waals surface area (Å²) in [5.74, 6) is 1.16. The van der Waals surface area contributed by atoms with Crippen LogP contribution in [-0.4, -0.2) is 17.2 Å². The molecule has 1 nitrogen and oxygen atoms in total. The average Bonchev–Trinajstić information content (AvgIpc) is 2.33. The van der Waals surface area contributed by atoms with Crippen molar-refractivity contribution in [1.29, 1.82) is 0 Å². The standard InChI is InChI=1S/C7H15NS/c1-3-6-7(4-2)9-5-8-6/h6-8H,3-5H2,1-2H3. The van der Waals surface area contributed by atoms with Gasteiger partial charge in [0.05, 0.1) is 0 Å². The van der Waals surface area contributed by atoms with E-state index in [0.29, 0.717) is 0 Å². The number of hydrogen-bond acceptors (Lipinski definition) is 2. The molecule has 0 aromatic carbocycles. The van der Waals surface area contributed by atoms with E-state index in [-0.39, 0.29) is 0 Å². The quantitative estimate of drug-likeness (QED) is 0.636. The number of rotatable bonds is 2. The van der Waals surface area contributed by atoms with Gasteiger partial charge in [0, 0.05) is 17.2 Å². The lowest BCUT2D eigenvalue weighted by Gasteiger charge is -2.13. The molecule has 2 heteroatoms. The molecule has 0 saturated carbocycles. The highest BCUT2D eigenvalue weighted by atomic mass is 32.2. The third kappa shape index (κ3) is 1.62. The molecule has 0 bridgehead atoms. The van der Waals surface area contributed by atoms with Crippen molar-refractivity contribution in [2.24, 2.45) is 0 Å². The van der Waals surface area contributed by atoms with E-state index in [2.05, 4.69) is 30.9 Å². The van der Waals surface area contributed by atoms with Crippen molar-refractivity contribution in [3.8, 4) is 0 Å². The Balaban J connectivity index is 2.32. The van der Waals surface area contributed by atoms with Gasteiger partial charge >= 0.3 is 0 Å². The van der Waals surface area contributed by atoms with Gasteiger partial charge in [-0.2, -0.15) is 0 Å². The molecule has 1 aliphatic rings. The summed E-state index contributed by atoms with van der Waals surface area (Å²) in [6.07, 6.45) is 2.60. The van der Waals surface area contributed by atoms with E-state index in [0.717, 1.165) is 17.2 Å². The van der Waals surface area contributed by atoms with Gasteiger partial charge in [0.15, 0.2) is 0 Å². The van der Waals surface area contributed by atoms with Crippen molar-refractivity contribution in [1.82, 2.24) is 5.32 Å². The van der Waals surface area contributed by atoms with Crippen LogP contribution in [0.3, 0.4) is 0 Å². The van der Waals surface area contributed by atoms with Gasteiger partial charge in [0.25, 0.3) is 0 Å². The zero-order valence-corrected chi connectivity index (χ0v) is 7.00. The van der Waals surface area contributed by atoms with Gasteiger partial charge in [-0.25, -0.2) is 0 Å². The molecule has 0 aromatic heterocycles. The van der Waals surface area contributed by atoms with Crippen LogP contribution in [0.1, 0.15) is 26.7 Å². The second kappa shape index (κ2) is 3.47. The summed E-state index contributed by atoms with van der Waals surface area (Å²) in [4.78, 5) is 0. The van der Waals surface area contributed by atoms with Crippen LogP contribution in [0, 0.1) is 0 Å². The van der Waals surface area contributed by atoms with Gasteiger partial charge in [-0.1, -0.05) is 13.8 Å². The van der Waals surface area contributed by atoms with Crippen molar-refractivity contribution < 1.29 is 0 Å². The maximum atomic E-state index is 3.47. The minimum absolute atomic E-state index is 0.792. The molecule has 1 N–H and O–H groups in total. The van der Waals surface area contributed by atoms with Gasteiger partial charge in [0.2, 0.25) is 0 Å². The van der Waals surface area contributed by atoms with Crippen LogP contribution in [0.15, 0.2) is 0 Å². The van der Waals surface area contributed by atoms with E-state index in [1.165, 1.54) is 12.8 Å². The smallest absolute Gasteiger partial charge is 0.0423 e. The second-order valence-corrected chi connectivity index (χ2v) is 3.70. The predicted octanol–water partition coefficient (Wildman–Crippen LogP) is 1.84. The van der Waals surface area contributed by atoms with E-state index in [1.807, 2.05) is 0 Å². The summed E-state index contributed by atoms with van der Waals surface area (Å²) in [6.45, 7) is 4.53. The fraction of sp³-hybridized carbons (Fsp3) is 1.00. The highest BCUT2D eigenvalue weighted by molar-refractivity contribution is 8.00. The Bertz CT molecular complexity index is 75.0. The summed E-state index contributed by atoms with van der Waals surface area (Å²) in [6, 6.07) is 0.792. The van der Waals surface area contributed by atoms with Crippen molar-refractivity contribution in [2.45, 2.75) is 38.0 Å². The topological polar surface area (TPSA) is 12.0 Å². The molecule has 1 aliphatic heterocycles. The molecular weight excluding hydrogens is 130 g/mol. The second-order valence-electron chi connectivity index (χ2n) is 2.48. The molecule has 0 spiro atoms. The molecule has 1 rings (SSSR count). The van der Waals surface area contributed by atoms with Gasteiger partial charge in [-0.05, 0) is 12.8 Å². The van der Waals surface area contributed by atoms with Gasteiger partial charge in [-0.15, -0.1) is 11.8 Å². The van der Waals surface area contributed by atoms with Crippen molar-refractivity contribution in [2.75, 3.05) is 5.88 Å². The molecule has 0 aromatic rings. The SMILES string of the molecule is CCC1NCSC1CC. The molecule has 2 atom stereocenters. The van der Waals surface area contributed by atoms with Crippen molar-refractivity contribution in [3.63, 3.8) is 0 Å². The summed E-state index contributed by atoms with van der Waals surface area (Å²) in [5.41, 5.74) is 0. The lowest BCUT2D eigenvalue weighted by Crippen LogP contribution is -2.28. The Kier molecular flexibility index (Phi) is 2.86. The number of thioether (sulfide) groups is 1. The fourth-order valence-corrected chi connectivity index (χ4v) is 2.60. The largest absolute Gasteiger partial charge is 0.304 e. The van der Waals surface area contributed by atoms with E-state index < -0.39 is 0 Å². The molecule has 2 unspecified atom stereocenters. The van der Waals surface area contributed by atoms with Gasteiger partial charge in [0.1, 0.15) is 0 Å². The first-order valence-electron chi connectivity index (χ1n) is 3.73. The summed E-state index contributed by atoms with van der Waals surface area (Å²) in [7, 11) is 0. The Hall–Kier alpha value is 0.310. The lowest BCUT2D eigenvalue weighted by molar-refractivity contribution is 0.534. The van der Waals surface area contributed by atoms with Crippen LogP contribution in [0.5, 0.6) is 0 Å². The summed E-state index contributed by atoms with van der Waals surface area (Å²) >= 11 is 2.06. The predicted molar refractivity (Wildman–Crippen MR) is 43.8 cm³/mol. The Morgan fingerprint density at radius 3 is 2.67 bits per heavy atom. The molecule has 1 heterocycles. The monoisotopic (exact) mass is 145 g/mol. The van der Waals surface area contributed by atoms with Crippen LogP contribution in [0.4, 0.5) is 0 Å². The number of hydrogen-bond donors (Lipinski definition) is 1. The maximum Gasteiger partial charge on any atom is 0.0423 e. The minimum Gasteiger partial charge on any atom is -0.304 e. The Morgan fingerprint density at radius 1 is 1.44 bits per heavy atom.